The Morgan fingerprint density at radius 2 is 2.23 bits per heavy atom. The molecular formula is C16H19N3O2S. The van der Waals surface area contributed by atoms with E-state index in [0.29, 0.717) is 18.1 Å². The zero-order valence-electron chi connectivity index (χ0n) is 12.5. The first-order valence-corrected chi connectivity index (χ1v) is 8.27. The zero-order valence-corrected chi connectivity index (χ0v) is 13.3. The SMILES string of the molecule is COc1ccc(NC(=O)NCc2csc3c2CCCC3)cn1. The average Bonchev–Trinajstić information content (AvgIpc) is 2.97. The molecule has 2 aromatic heterocycles. The lowest BCUT2D eigenvalue weighted by Gasteiger charge is -2.13. The highest BCUT2D eigenvalue weighted by Gasteiger charge is 2.15. The van der Waals surface area contributed by atoms with E-state index in [9.17, 15) is 4.79 Å². The lowest BCUT2D eigenvalue weighted by Crippen LogP contribution is -2.28. The highest BCUT2D eigenvalue weighted by molar-refractivity contribution is 7.10. The molecule has 0 unspecified atom stereocenters. The summed E-state index contributed by atoms with van der Waals surface area (Å²) in [6.07, 6.45) is 6.43. The van der Waals surface area contributed by atoms with Gasteiger partial charge in [-0.25, -0.2) is 9.78 Å². The van der Waals surface area contributed by atoms with Gasteiger partial charge in [-0.2, -0.15) is 0 Å². The Balaban J connectivity index is 1.54. The van der Waals surface area contributed by atoms with Crippen LogP contribution in [0.4, 0.5) is 10.5 Å². The van der Waals surface area contributed by atoms with Crippen LogP contribution in [0, 0.1) is 0 Å². The predicted octanol–water partition coefficient (Wildman–Crippen LogP) is 3.35. The maximum absolute atomic E-state index is 12.0. The van der Waals surface area contributed by atoms with Crippen molar-refractivity contribution in [3.05, 3.63) is 39.7 Å². The second-order valence-electron chi connectivity index (χ2n) is 5.27. The summed E-state index contributed by atoms with van der Waals surface area (Å²) in [7, 11) is 1.56. The molecule has 2 N–H and O–H groups in total. The third-order valence-corrected chi connectivity index (χ3v) is 4.93. The lowest BCUT2D eigenvalue weighted by atomic mass is 9.96. The molecule has 2 amide bonds. The van der Waals surface area contributed by atoms with Crippen molar-refractivity contribution in [1.29, 1.82) is 0 Å². The van der Waals surface area contributed by atoms with E-state index < -0.39 is 0 Å². The number of thiophene rings is 1. The summed E-state index contributed by atoms with van der Waals surface area (Å²) < 4.78 is 4.99. The van der Waals surface area contributed by atoms with Crippen LogP contribution < -0.4 is 15.4 Å². The Morgan fingerprint density at radius 1 is 1.36 bits per heavy atom. The molecule has 0 fully saturated rings. The summed E-state index contributed by atoms with van der Waals surface area (Å²) in [5.74, 6) is 0.524. The van der Waals surface area contributed by atoms with Crippen molar-refractivity contribution in [3.8, 4) is 5.88 Å². The lowest BCUT2D eigenvalue weighted by molar-refractivity contribution is 0.251. The summed E-state index contributed by atoms with van der Waals surface area (Å²) in [6, 6.07) is 3.26. The van der Waals surface area contributed by atoms with Gasteiger partial charge in [0.05, 0.1) is 19.0 Å². The van der Waals surface area contributed by atoms with E-state index in [1.807, 2.05) is 11.3 Å². The quantitative estimate of drug-likeness (QED) is 0.909. The largest absolute Gasteiger partial charge is 0.481 e. The first-order chi connectivity index (χ1) is 10.8. The van der Waals surface area contributed by atoms with Crippen molar-refractivity contribution < 1.29 is 9.53 Å². The number of methoxy groups -OCH3 is 1. The molecule has 0 saturated carbocycles. The topological polar surface area (TPSA) is 63.2 Å². The summed E-state index contributed by atoms with van der Waals surface area (Å²) in [4.78, 5) is 17.5. The van der Waals surface area contributed by atoms with Gasteiger partial charge < -0.3 is 15.4 Å². The van der Waals surface area contributed by atoms with Crippen LogP contribution in [0.5, 0.6) is 5.88 Å². The molecule has 5 nitrogen and oxygen atoms in total. The highest BCUT2D eigenvalue weighted by Crippen LogP contribution is 2.30. The van der Waals surface area contributed by atoms with Gasteiger partial charge in [0.15, 0.2) is 0 Å². The van der Waals surface area contributed by atoms with Crippen LogP contribution in [-0.2, 0) is 19.4 Å². The minimum Gasteiger partial charge on any atom is -0.481 e. The number of ether oxygens (including phenoxy) is 1. The van der Waals surface area contributed by atoms with Gasteiger partial charge in [-0.3, -0.25) is 0 Å². The maximum Gasteiger partial charge on any atom is 0.319 e. The molecular weight excluding hydrogens is 298 g/mol. The number of nitrogens with zero attached hydrogens (tertiary/aromatic N) is 1. The molecule has 1 aliphatic carbocycles. The third kappa shape index (κ3) is 3.39. The number of amides is 2. The summed E-state index contributed by atoms with van der Waals surface area (Å²) in [5, 5.41) is 7.85. The van der Waals surface area contributed by atoms with Gasteiger partial charge in [0.25, 0.3) is 0 Å². The first kappa shape index (κ1) is 14.8. The van der Waals surface area contributed by atoms with E-state index >= 15 is 0 Å². The van der Waals surface area contributed by atoms with Crippen molar-refractivity contribution >= 4 is 23.1 Å². The van der Waals surface area contributed by atoms with E-state index in [1.165, 1.54) is 35.3 Å². The molecule has 0 bridgehead atoms. The number of nitrogens with one attached hydrogen (secondary N) is 2. The molecule has 6 heteroatoms. The van der Waals surface area contributed by atoms with Crippen molar-refractivity contribution in [2.45, 2.75) is 32.2 Å². The number of pyridine rings is 1. The van der Waals surface area contributed by atoms with E-state index in [2.05, 4.69) is 21.0 Å². The highest BCUT2D eigenvalue weighted by atomic mass is 32.1. The van der Waals surface area contributed by atoms with Crippen molar-refractivity contribution in [3.63, 3.8) is 0 Å². The molecule has 0 spiro atoms. The Kier molecular flexibility index (Phi) is 4.58. The van der Waals surface area contributed by atoms with Crippen LogP contribution >= 0.6 is 11.3 Å². The molecule has 0 aliphatic heterocycles. The summed E-state index contributed by atoms with van der Waals surface area (Å²) in [5.41, 5.74) is 3.34. The van der Waals surface area contributed by atoms with Crippen molar-refractivity contribution in [1.82, 2.24) is 10.3 Å². The van der Waals surface area contributed by atoms with Gasteiger partial charge in [-0.1, -0.05) is 0 Å². The molecule has 1 aliphatic rings. The molecule has 0 saturated heterocycles. The number of aryl methyl sites for hydroxylation is 1. The van der Waals surface area contributed by atoms with Gasteiger partial charge in [0.2, 0.25) is 5.88 Å². The van der Waals surface area contributed by atoms with Gasteiger partial charge >= 0.3 is 6.03 Å². The monoisotopic (exact) mass is 317 g/mol. The standard InChI is InChI=1S/C16H19N3O2S/c1-21-15-7-6-12(9-17-15)19-16(20)18-8-11-10-22-14-5-3-2-4-13(11)14/h6-7,9-10H,2-5,8H2,1H3,(H2,18,19,20). The van der Waals surface area contributed by atoms with Crippen molar-refractivity contribution in [2.24, 2.45) is 0 Å². The normalized spacial score (nSPS) is 13.3. The van der Waals surface area contributed by atoms with Gasteiger partial charge in [0, 0.05) is 17.5 Å². The number of carbonyl (C=O) groups excluding carboxylic acids is 1. The minimum atomic E-state index is -0.220. The third-order valence-electron chi connectivity index (χ3n) is 3.79. The Hall–Kier alpha value is -2.08. The van der Waals surface area contributed by atoms with E-state index in [0.717, 1.165) is 6.42 Å². The molecule has 3 rings (SSSR count). The maximum atomic E-state index is 12.0. The van der Waals surface area contributed by atoms with Crippen LogP contribution in [0.2, 0.25) is 0 Å². The second-order valence-corrected chi connectivity index (χ2v) is 6.23. The molecule has 0 radical (unpaired) electrons. The average molecular weight is 317 g/mol. The smallest absolute Gasteiger partial charge is 0.319 e. The number of anilines is 1. The number of hydrogen-bond donors (Lipinski definition) is 2. The molecule has 2 heterocycles. The van der Waals surface area contributed by atoms with Gasteiger partial charge in [-0.05, 0) is 48.3 Å². The van der Waals surface area contributed by atoms with Crippen LogP contribution in [-0.4, -0.2) is 18.1 Å². The van der Waals surface area contributed by atoms with E-state index in [-0.39, 0.29) is 6.03 Å². The molecule has 22 heavy (non-hydrogen) atoms. The number of fused-ring (bicyclic) bond motifs is 1. The van der Waals surface area contributed by atoms with Crippen LogP contribution in [0.1, 0.15) is 28.8 Å². The van der Waals surface area contributed by atoms with Crippen LogP contribution in [0.3, 0.4) is 0 Å². The van der Waals surface area contributed by atoms with Gasteiger partial charge in [-0.15, -0.1) is 11.3 Å². The van der Waals surface area contributed by atoms with Crippen LogP contribution in [0.25, 0.3) is 0 Å². The zero-order chi connectivity index (χ0) is 15.4. The summed E-state index contributed by atoms with van der Waals surface area (Å²) in [6.45, 7) is 0.571. The Morgan fingerprint density at radius 3 is 3.00 bits per heavy atom. The fourth-order valence-electron chi connectivity index (χ4n) is 2.63. The fourth-order valence-corrected chi connectivity index (χ4v) is 3.78. The fraction of sp³-hybridized carbons (Fsp3) is 0.375. The molecule has 0 atom stereocenters. The minimum absolute atomic E-state index is 0.220. The Bertz CT molecular complexity index is 652. The van der Waals surface area contributed by atoms with Crippen LogP contribution in [0.15, 0.2) is 23.7 Å². The first-order valence-electron chi connectivity index (χ1n) is 7.39. The number of aromatic nitrogens is 1. The summed E-state index contributed by atoms with van der Waals surface area (Å²) >= 11 is 1.82. The number of hydrogen-bond acceptors (Lipinski definition) is 4. The van der Waals surface area contributed by atoms with Crippen molar-refractivity contribution in [2.75, 3.05) is 12.4 Å². The molecule has 0 aromatic carbocycles. The van der Waals surface area contributed by atoms with E-state index in [4.69, 9.17) is 4.74 Å². The second kappa shape index (κ2) is 6.79. The molecule has 2 aromatic rings. The number of carbonyl (C=O) groups is 1. The predicted molar refractivity (Wildman–Crippen MR) is 87.6 cm³/mol. The number of urea groups is 1. The van der Waals surface area contributed by atoms with Gasteiger partial charge in [0.1, 0.15) is 0 Å². The number of rotatable bonds is 4. The molecule has 116 valence electrons. The van der Waals surface area contributed by atoms with E-state index in [1.54, 1.807) is 25.4 Å². The Labute approximate surface area is 133 Å².